The number of fused-ring (bicyclic) bond motifs is 1. The molecule has 0 saturated heterocycles. The van der Waals surface area contributed by atoms with Crippen LogP contribution >= 0.6 is 0 Å². The molecule has 0 aliphatic carbocycles. The molecule has 2 N–H and O–H groups in total. The summed E-state index contributed by atoms with van der Waals surface area (Å²) in [7, 11) is -2.14. The van der Waals surface area contributed by atoms with Crippen molar-refractivity contribution in [3.05, 3.63) is 23.3 Å². The van der Waals surface area contributed by atoms with Gasteiger partial charge in [0.05, 0.1) is 12.1 Å². The van der Waals surface area contributed by atoms with E-state index in [2.05, 4.69) is 0 Å². The summed E-state index contributed by atoms with van der Waals surface area (Å²) in [6.45, 7) is 0.424. The van der Waals surface area contributed by atoms with Gasteiger partial charge in [-0.1, -0.05) is 0 Å². The predicted octanol–water partition coefficient (Wildman–Crippen LogP) is -0.0304. The fraction of sp³-hybridized carbons (Fsp3) is 0.333. The van der Waals surface area contributed by atoms with Crippen LogP contribution in [0.3, 0.4) is 0 Å². The third-order valence-electron chi connectivity index (χ3n) is 2.40. The lowest BCUT2D eigenvalue weighted by atomic mass is 9.77. The molecule has 6 heteroatoms. The summed E-state index contributed by atoms with van der Waals surface area (Å²) >= 11 is 0. The van der Waals surface area contributed by atoms with Gasteiger partial charge in [0.15, 0.2) is 0 Å². The Labute approximate surface area is 85.4 Å². The zero-order chi connectivity index (χ0) is 11.0. The molecule has 0 aromatic heterocycles. The second-order valence-corrected chi connectivity index (χ2v) is 3.39. The third kappa shape index (κ3) is 1.70. The molecule has 1 aromatic carbocycles. The molecule has 0 saturated carbocycles. The molecule has 15 heavy (non-hydrogen) atoms. The van der Waals surface area contributed by atoms with Crippen LogP contribution in [-0.4, -0.2) is 23.8 Å². The Hall–Kier alpha value is -1.14. The summed E-state index contributed by atoms with van der Waals surface area (Å²) in [5, 5.41) is 17.6. The fourth-order valence-corrected chi connectivity index (χ4v) is 1.69. The Bertz CT molecular complexity index is 395. The first kappa shape index (κ1) is 10.4. The topological polar surface area (TPSA) is 49.7 Å². The summed E-state index contributed by atoms with van der Waals surface area (Å²) in [6, 6.07) is 0.992. The van der Waals surface area contributed by atoms with Gasteiger partial charge in [-0.05, 0) is 12.8 Å². The van der Waals surface area contributed by atoms with Crippen LogP contribution in [0.15, 0.2) is 6.07 Å². The van der Waals surface area contributed by atoms with Crippen molar-refractivity contribution < 1.29 is 23.6 Å². The van der Waals surface area contributed by atoms with Crippen LogP contribution in [0, 0.1) is 11.6 Å². The molecule has 2 rings (SSSR count). The molecular formula is C9H9BF2O3. The van der Waals surface area contributed by atoms with Gasteiger partial charge in [0.25, 0.3) is 0 Å². The number of rotatable bonds is 1. The maximum Gasteiger partial charge on any atom is 0.494 e. The van der Waals surface area contributed by atoms with Crippen molar-refractivity contribution in [2.45, 2.75) is 12.8 Å². The van der Waals surface area contributed by atoms with Gasteiger partial charge in [0.2, 0.25) is 0 Å². The standard InChI is InChI=1S/C9H9BF2O3/c11-6-4-7-5(2-1-3-15-7)9(12)8(6)10(13)14/h4,13-14H,1-3H2. The zero-order valence-electron chi connectivity index (χ0n) is 7.83. The van der Waals surface area contributed by atoms with Crippen LogP contribution in [0.2, 0.25) is 0 Å². The van der Waals surface area contributed by atoms with E-state index in [0.29, 0.717) is 19.4 Å². The lowest BCUT2D eigenvalue weighted by Crippen LogP contribution is -2.37. The number of ether oxygens (including phenoxy) is 1. The Morgan fingerprint density at radius 3 is 2.73 bits per heavy atom. The minimum atomic E-state index is -2.14. The van der Waals surface area contributed by atoms with E-state index in [1.54, 1.807) is 0 Å². The van der Waals surface area contributed by atoms with E-state index in [1.165, 1.54) is 0 Å². The lowest BCUT2D eigenvalue weighted by molar-refractivity contribution is 0.282. The Morgan fingerprint density at radius 2 is 2.07 bits per heavy atom. The average Bonchev–Trinajstić information content (AvgIpc) is 2.17. The van der Waals surface area contributed by atoms with Crippen molar-refractivity contribution in [3.63, 3.8) is 0 Å². The zero-order valence-corrected chi connectivity index (χ0v) is 7.83. The maximum atomic E-state index is 13.6. The molecule has 1 heterocycles. The number of halogens is 2. The van der Waals surface area contributed by atoms with Gasteiger partial charge >= 0.3 is 7.12 Å². The Morgan fingerprint density at radius 1 is 1.33 bits per heavy atom. The summed E-state index contributed by atoms with van der Waals surface area (Å²) in [4.78, 5) is 0. The molecule has 0 bridgehead atoms. The van der Waals surface area contributed by atoms with Gasteiger partial charge < -0.3 is 14.8 Å². The first-order valence-electron chi connectivity index (χ1n) is 4.61. The molecular weight excluding hydrogens is 205 g/mol. The molecule has 80 valence electrons. The van der Waals surface area contributed by atoms with E-state index in [4.69, 9.17) is 14.8 Å². The SMILES string of the molecule is OB(O)c1c(F)cc2c(c1F)CCCO2. The van der Waals surface area contributed by atoms with Crippen LogP contribution < -0.4 is 10.2 Å². The van der Waals surface area contributed by atoms with Crippen molar-refractivity contribution in [1.82, 2.24) is 0 Å². The minimum absolute atomic E-state index is 0.153. The van der Waals surface area contributed by atoms with Gasteiger partial charge in [-0.25, -0.2) is 8.78 Å². The third-order valence-corrected chi connectivity index (χ3v) is 2.40. The van der Waals surface area contributed by atoms with Crippen molar-refractivity contribution >= 4 is 12.6 Å². The fourth-order valence-electron chi connectivity index (χ4n) is 1.69. The van der Waals surface area contributed by atoms with Crippen molar-refractivity contribution in [1.29, 1.82) is 0 Å². The van der Waals surface area contributed by atoms with Gasteiger partial charge in [-0.3, -0.25) is 0 Å². The monoisotopic (exact) mass is 214 g/mol. The van der Waals surface area contributed by atoms with E-state index in [9.17, 15) is 8.78 Å². The molecule has 1 aliphatic heterocycles. The number of hydrogen-bond donors (Lipinski definition) is 2. The van der Waals surface area contributed by atoms with E-state index < -0.39 is 24.2 Å². The molecule has 0 unspecified atom stereocenters. The smallest absolute Gasteiger partial charge is 0.493 e. The number of benzene rings is 1. The second kappa shape index (κ2) is 3.79. The predicted molar refractivity (Wildman–Crippen MR) is 50.0 cm³/mol. The molecule has 0 fully saturated rings. The molecule has 3 nitrogen and oxygen atoms in total. The van der Waals surface area contributed by atoms with Gasteiger partial charge in [0.1, 0.15) is 17.4 Å². The van der Waals surface area contributed by atoms with Gasteiger partial charge in [0, 0.05) is 11.6 Å². The van der Waals surface area contributed by atoms with Crippen LogP contribution in [0.4, 0.5) is 8.78 Å². The van der Waals surface area contributed by atoms with Crippen LogP contribution in [-0.2, 0) is 6.42 Å². The highest BCUT2D eigenvalue weighted by atomic mass is 19.1. The van der Waals surface area contributed by atoms with E-state index in [1.807, 2.05) is 0 Å². The first-order valence-corrected chi connectivity index (χ1v) is 4.61. The largest absolute Gasteiger partial charge is 0.494 e. The lowest BCUT2D eigenvalue weighted by Gasteiger charge is -2.19. The van der Waals surface area contributed by atoms with Gasteiger partial charge in [-0.2, -0.15) is 0 Å². The second-order valence-electron chi connectivity index (χ2n) is 3.39. The van der Waals surface area contributed by atoms with Gasteiger partial charge in [-0.15, -0.1) is 0 Å². The maximum absolute atomic E-state index is 13.6. The summed E-state index contributed by atoms with van der Waals surface area (Å²) in [5.74, 6) is -1.76. The van der Waals surface area contributed by atoms with Crippen molar-refractivity contribution in [2.75, 3.05) is 6.61 Å². The molecule has 0 amide bonds. The molecule has 1 aliphatic rings. The highest BCUT2D eigenvalue weighted by molar-refractivity contribution is 6.58. The highest BCUT2D eigenvalue weighted by Gasteiger charge is 2.28. The van der Waals surface area contributed by atoms with Crippen molar-refractivity contribution in [3.8, 4) is 5.75 Å². The number of hydrogen-bond acceptors (Lipinski definition) is 3. The normalized spacial score (nSPS) is 14.4. The van der Waals surface area contributed by atoms with Crippen molar-refractivity contribution in [2.24, 2.45) is 0 Å². The highest BCUT2D eigenvalue weighted by Crippen LogP contribution is 2.27. The summed E-state index contributed by atoms with van der Waals surface area (Å²) in [6.07, 6.45) is 1.05. The molecule has 0 spiro atoms. The minimum Gasteiger partial charge on any atom is -0.493 e. The first-order chi connectivity index (χ1) is 7.11. The van der Waals surface area contributed by atoms with Crippen LogP contribution in [0.5, 0.6) is 5.75 Å². The Balaban J connectivity index is 2.59. The van der Waals surface area contributed by atoms with E-state index >= 15 is 0 Å². The van der Waals surface area contributed by atoms with Crippen LogP contribution in [0.25, 0.3) is 0 Å². The molecule has 0 atom stereocenters. The van der Waals surface area contributed by atoms with E-state index in [0.717, 1.165) is 6.07 Å². The average molecular weight is 214 g/mol. The Kier molecular flexibility index (Phi) is 2.62. The molecule has 0 radical (unpaired) electrons. The van der Waals surface area contributed by atoms with Crippen LogP contribution in [0.1, 0.15) is 12.0 Å². The summed E-state index contributed by atoms with van der Waals surface area (Å²) < 4.78 is 32.0. The molecule has 1 aromatic rings. The quantitative estimate of drug-likeness (QED) is 0.645. The van der Waals surface area contributed by atoms with E-state index in [-0.39, 0.29) is 11.3 Å². The summed E-state index contributed by atoms with van der Waals surface area (Å²) in [5.41, 5.74) is -0.495.